The van der Waals surface area contributed by atoms with E-state index in [9.17, 15) is 0 Å². The summed E-state index contributed by atoms with van der Waals surface area (Å²) in [4.78, 5) is 0. The quantitative estimate of drug-likeness (QED) is 0.818. The SMILES string of the molecule is CCCNC(CC1CC1)C1C2CCc3ccccc3C21. The minimum atomic E-state index is 0.795. The van der Waals surface area contributed by atoms with Crippen LogP contribution in [0.4, 0.5) is 0 Å². The van der Waals surface area contributed by atoms with Gasteiger partial charge in [0.25, 0.3) is 0 Å². The predicted molar refractivity (Wildman–Crippen MR) is 83.9 cm³/mol. The molecule has 1 nitrogen and oxygen atoms in total. The van der Waals surface area contributed by atoms with Crippen LogP contribution in [-0.2, 0) is 6.42 Å². The van der Waals surface area contributed by atoms with Crippen LogP contribution in [0.5, 0.6) is 0 Å². The fourth-order valence-electron chi connectivity index (χ4n) is 4.59. The fraction of sp³-hybridized carbons (Fsp3) is 0.684. The van der Waals surface area contributed by atoms with E-state index in [1.54, 1.807) is 11.1 Å². The Morgan fingerprint density at radius 3 is 2.85 bits per heavy atom. The van der Waals surface area contributed by atoms with Crippen LogP contribution in [0.1, 0.15) is 56.1 Å². The van der Waals surface area contributed by atoms with Crippen LogP contribution in [0.25, 0.3) is 0 Å². The van der Waals surface area contributed by atoms with Gasteiger partial charge in [0.05, 0.1) is 0 Å². The molecule has 1 N–H and O–H groups in total. The summed E-state index contributed by atoms with van der Waals surface area (Å²) in [6, 6.07) is 10.0. The van der Waals surface area contributed by atoms with Gasteiger partial charge in [-0.3, -0.25) is 0 Å². The van der Waals surface area contributed by atoms with Crippen molar-refractivity contribution in [1.29, 1.82) is 0 Å². The molecule has 0 radical (unpaired) electrons. The summed E-state index contributed by atoms with van der Waals surface area (Å²) in [6.07, 6.45) is 8.44. The van der Waals surface area contributed by atoms with Gasteiger partial charge in [-0.1, -0.05) is 44.0 Å². The molecule has 0 aromatic heterocycles. The van der Waals surface area contributed by atoms with Gasteiger partial charge in [-0.15, -0.1) is 0 Å². The van der Waals surface area contributed by atoms with E-state index in [2.05, 4.69) is 36.5 Å². The summed E-state index contributed by atoms with van der Waals surface area (Å²) in [5.74, 6) is 3.85. The number of rotatable bonds is 6. The minimum Gasteiger partial charge on any atom is -0.314 e. The fourth-order valence-corrected chi connectivity index (χ4v) is 4.59. The average molecular weight is 269 g/mol. The van der Waals surface area contributed by atoms with Gasteiger partial charge in [-0.05, 0) is 67.0 Å². The summed E-state index contributed by atoms with van der Waals surface area (Å²) < 4.78 is 0. The molecule has 3 aliphatic rings. The monoisotopic (exact) mass is 269 g/mol. The molecule has 20 heavy (non-hydrogen) atoms. The third kappa shape index (κ3) is 2.30. The standard InChI is InChI=1S/C19H27N/c1-2-11-20-17(12-13-7-8-13)19-16-10-9-14-5-3-4-6-15(14)18(16)19/h3-6,13,16-20H,2,7-12H2,1H3. The van der Waals surface area contributed by atoms with Crippen molar-refractivity contribution in [2.75, 3.05) is 6.54 Å². The maximum Gasteiger partial charge on any atom is 0.0107 e. The highest BCUT2D eigenvalue weighted by molar-refractivity contribution is 5.40. The Labute approximate surface area is 123 Å². The summed E-state index contributed by atoms with van der Waals surface area (Å²) in [5.41, 5.74) is 3.32. The lowest BCUT2D eigenvalue weighted by Gasteiger charge is -2.19. The second-order valence-corrected chi connectivity index (χ2v) is 7.24. The first-order valence-electron chi connectivity index (χ1n) is 8.69. The molecule has 0 heterocycles. The predicted octanol–water partition coefficient (Wildman–Crippen LogP) is 4.13. The Morgan fingerprint density at radius 1 is 1.20 bits per heavy atom. The summed E-state index contributed by atoms with van der Waals surface area (Å²) in [6.45, 7) is 3.49. The molecular formula is C19H27N. The zero-order valence-corrected chi connectivity index (χ0v) is 12.6. The maximum absolute atomic E-state index is 3.89. The number of aryl methyl sites for hydroxylation is 1. The lowest BCUT2D eigenvalue weighted by Crippen LogP contribution is -2.33. The number of hydrogen-bond acceptors (Lipinski definition) is 1. The van der Waals surface area contributed by atoms with Crippen molar-refractivity contribution in [3.63, 3.8) is 0 Å². The number of nitrogens with one attached hydrogen (secondary N) is 1. The van der Waals surface area contributed by atoms with E-state index < -0.39 is 0 Å². The molecule has 1 heteroatoms. The van der Waals surface area contributed by atoms with Crippen molar-refractivity contribution < 1.29 is 0 Å². The Kier molecular flexibility index (Phi) is 3.34. The van der Waals surface area contributed by atoms with Crippen LogP contribution >= 0.6 is 0 Å². The van der Waals surface area contributed by atoms with E-state index in [4.69, 9.17) is 0 Å². The maximum atomic E-state index is 3.89. The van der Waals surface area contributed by atoms with Crippen molar-refractivity contribution in [1.82, 2.24) is 5.32 Å². The average Bonchev–Trinajstić information content (AvgIpc) is 3.37. The molecule has 0 aliphatic heterocycles. The van der Waals surface area contributed by atoms with Crippen LogP contribution in [0.2, 0.25) is 0 Å². The van der Waals surface area contributed by atoms with Crippen molar-refractivity contribution in [3.05, 3.63) is 35.4 Å². The van der Waals surface area contributed by atoms with E-state index in [1.165, 1.54) is 45.1 Å². The van der Waals surface area contributed by atoms with Crippen LogP contribution in [-0.4, -0.2) is 12.6 Å². The molecule has 4 rings (SSSR count). The smallest absolute Gasteiger partial charge is 0.0107 e. The van der Waals surface area contributed by atoms with Gasteiger partial charge in [0.1, 0.15) is 0 Å². The number of hydrogen-bond donors (Lipinski definition) is 1. The topological polar surface area (TPSA) is 12.0 Å². The van der Waals surface area contributed by atoms with E-state index in [0.29, 0.717) is 0 Å². The van der Waals surface area contributed by atoms with Crippen LogP contribution in [0, 0.1) is 17.8 Å². The van der Waals surface area contributed by atoms with Gasteiger partial charge in [0, 0.05) is 6.04 Å². The molecule has 4 unspecified atom stereocenters. The third-order valence-corrected chi connectivity index (χ3v) is 5.80. The molecule has 3 aliphatic carbocycles. The molecule has 0 amide bonds. The Morgan fingerprint density at radius 2 is 2.05 bits per heavy atom. The van der Waals surface area contributed by atoms with Gasteiger partial charge >= 0.3 is 0 Å². The first-order valence-corrected chi connectivity index (χ1v) is 8.69. The Hall–Kier alpha value is -0.820. The molecule has 0 spiro atoms. The summed E-state index contributed by atoms with van der Waals surface area (Å²) in [5, 5.41) is 3.89. The van der Waals surface area contributed by atoms with Gasteiger partial charge in [-0.2, -0.15) is 0 Å². The summed E-state index contributed by atoms with van der Waals surface area (Å²) >= 11 is 0. The van der Waals surface area contributed by atoms with Crippen molar-refractivity contribution in [2.24, 2.45) is 17.8 Å². The highest BCUT2D eigenvalue weighted by Gasteiger charge is 2.56. The molecule has 0 bridgehead atoms. The Balaban J connectivity index is 1.51. The van der Waals surface area contributed by atoms with Crippen LogP contribution in [0.3, 0.4) is 0 Å². The summed E-state index contributed by atoms with van der Waals surface area (Å²) in [7, 11) is 0. The molecule has 4 atom stereocenters. The number of fused-ring (bicyclic) bond motifs is 3. The normalized spacial score (nSPS) is 32.4. The van der Waals surface area contributed by atoms with Gasteiger partial charge in [-0.25, -0.2) is 0 Å². The van der Waals surface area contributed by atoms with E-state index in [1.807, 2.05) is 0 Å². The molecule has 2 saturated carbocycles. The number of benzene rings is 1. The van der Waals surface area contributed by atoms with Crippen molar-refractivity contribution >= 4 is 0 Å². The zero-order chi connectivity index (χ0) is 13.5. The van der Waals surface area contributed by atoms with E-state index in [0.717, 1.165) is 29.7 Å². The van der Waals surface area contributed by atoms with Crippen molar-refractivity contribution in [3.8, 4) is 0 Å². The lowest BCUT2D eigenvalue weighted by molar-refractivity contribution is 0.394. The zero-order valence-electron chi connectivity index (χ0n) is 12.6. The first-order chi connectivity index (χ1) is 9.88. The highest BCUT2D eigenvalue weighted by Crippen LogP contribution is 2.62. The highest BCUT2D eigenvalue weighted by atomic mass is 14.9. The molecule has 1 aromatic rings. The van der Waals surface area contributed by atoms with Gasteiger partial charge < -0.3 is 5.32 Å². The Bertz CT molecular complexity index is 476. The minimum absolute atomic E-state index is 0.795. The van der Waals surface area contributed by atoms with Crippen molar-refractivity contribution in [2.45, 2.75) is 57.4 Å². The lowest BCUT2D eigenvalue weighted by atomic mass is 9.92. The largest absolute Gasteiger partial charge is 0.314 e. The third-order valence-electron chi connectivity index (χ3n) is 5.80. The van der Waals surface area contributed by atoms with E-state index >= 15 is 0 Å². The molecule has 2 fully saturated rings. The second kappa shape index (κ2) is 5.18. The van der Waals surface area contributed by atoms with Gasteiger partial charge in [0.15, 0.2) is 0 Å². The van der Waals surface area contributed by atoms with E-state index in [-0.39, 0.29) is 0 Å². The molecule has 0 saturated heterocycles. The van der Waals surface area contributed by atoms with Crippen LogP contribution < -0.4 is 5.32 Å². The van der Waals surface area contributed by atoms with Gasteiger partial charge in [0.2, 0.25) is 0 Å². The second-order valence-electron chi connectivity index (χ2n) is 7.24. The van der Waals surface area contributed by atoms with Crippen LogP contribution in [0.15, 0.2) is 24.3 Å². The molecule has 1 aromatic carbocycles. The first kappa shape index (κ1) is 12.9. The molecular weight excluding hydrogens is 242 g/mol. The molecule has 108 valence electrons.